The molecule has 2 aromatic heterocycles. The highest BCUT2D eigenvalue weighted by molar-refractivity contribution is 7.84. The van der Waals surface area contributed by atoms with Crippen molar-refractivity contribution in [3.63, 3.8) is 0 Å². The molecule has 0 aliphatic rings. The van der Waals surface area contributed by atoms with Gasteiger partial charge in [-0.2, -0.15) is 0 Å². The highest BCUT2D eigenvalue weighted by Crippen LogP contribution is 2.24. The maximum absolute atomic E-state index is 12.8. The largest absolute Gasteiger partial charge is 0.489 e. The zero-order valence-corrected chi connectivity index (χ0v) is 20.3. The number of rotatable bonds is 8. The molecule has 0 aliphatic carbocycles. The van der Waals surface area contributed by atoms with Crippen LogP contribution in [-0.4, -0.2) is 30.2 Å². The van der Waals surface area contributed by atoms with Gasteiger partial charge in [0.25, 0.3) is 0 Å². The number of ether oxygens (including phenoxy) is 1. The van der Waals surface area contributed by atoms with Crippen LogP contribution in [0.25, 0.3) is 22.2 Å². The molecule has 0 amide bonds. The minimum absolute atomic E-state index is 0.251. The molecule has 0 saturated heterocycles. The summed E-state index contributed by atoms with van der Waals surface area (Å²) in [4.78, 5) is 23.3. The number of aryl methyl sites for hydroxylation is 1. The molecule has 5 rings (SSSR count). The van der Waals surface area contributed by atoms with Crippen molar-refractivity contribution in [2.75, 3.05) is 0 Å². The van der Waals surface area contributed by atoms with Gasteiger partial charge in [0.1, 0.15) is 12.4 Å². The molecule has 7 nitrogen and oxygen atoms in total. The molecule has 3 aromatic carbocycles. The van der Waals surface area contributed by atoms with E-state index in [0.717, 1.165) is 39.0 Å². The average molecular weight is 498 g/mol. The number of carbonyl (C=O) groups is 1. The zero-order valence-electron chi connectivity index (χ0n) is 19.5. The lowest BCUT2D eigenvalue weighted by Crippen LogP contribution is -2.04. The number of para-hydroxylation sites is 2. The van der Waals surface area contributed by atoms with Crippen LogP contribution in [0, 0.1) is 6.92 Å². The molecule has 0 radical (unpaired) electrons. The number of fused-ring (bicyclic) bond motifs is 1. The van der Waals surface area contributed by atoms with Crippen LogP contribution < -0.4 is 4.74 Å². The van der Waals surface area contributed by atoms with E-state index in [2.05, 4.69) is 15.0 Å². The van der Waals surface area contributed by atoms with Crippen molar-refractivity contribution >= 4 is 27.8 Å². The first kappa shape index (κ1) is 23.4. The average Bonchev–Trinajstić information content (AvgIpc) is 3.34. The summed E-state index contributed by atoms with van der Waals surface area (Å²) < 4.78 is 18.8. The molecule has 180 valence electrons. The first-order valence-corrected chi connectivity index (χ1v) is 12.6. The van der Waals surface area contributed by atoms with Crippen molar-refractivity contribution < 1.29 is 18.8 Å². The summed E-state index contributed by atoms with van der Waals surface area (Å²) >= 11 is 0. The van der Waals surface area contributed by atoms with Crippen molar-refractivity contribution in [2.24, 2.45) is 0 Å². The Morgan fingerprint density at radius 2 is 1.81 bits per heavy atom. The second kappa shape index (κ2) is 10.1. The molecule has 0 saturated carbocycles. The molecule has 0 bridgehead atoms. The molecule has 1 atom stereocenters. The lowest BCUT2D eigenvalue weighted by molar-refractivity contribution is 0.0697. The van der Waals surface area contributed by atoms with E-state index >= 15 is 0 Å². The third-order valence-electron chi connectivity index (χ3n) is 5.80. The number of imidazole rings is 1. The van der Waals surface area contributed by atoms with Crippen LogP contribution in [0.1, 0.15) is 27.2 Å². The molecule has 8 heteroatoms. The molecule has 2 heterocycles. The molecule has 36 heavy (non-hydrogen) atoms. The Hall–Kier alpha value is -4.30. The highest BCUT2D eigenvalue weighted by Gasteiger charge is 2.13. The molecule has 2 N–H and O–H groups in total. The maximum Gasteiger partial charge on any atom is 0.335 e. The fourth-order valence-corrected chi connectivity index (χ4v) is 4.97. The number of nitrogens with zero attached hydrogens (tertiary/aromatic N) is 2. The summed E-state index contributed by atoms with van der Waals surface area (Å²) in [5.41, 5.74) is 6.24. The second-order valence-electron chi connectivity index (χ2n) is 8.36. The van der Waals surface area contributed by atoms with Crippen molar-refractivity contribution in [3.05, 3.63) is 107 Å². The predicted octanol–water partition coefficient (Wildman–Crippen LogP) is 5.52. The van der Waals surface area contributed by atoms with E-state index in [-0.39, 0.29) is 11.3 Å². The number of hydrogen-bond donors (Lipinski definition) is 2. The summed E-state index contributed by atoms with van der Waals surface area (Å²) in [6.07, 6.45) is 1.74. The van der Waals surface area contributed by atoms with Crippen molar-refractivity contribution in [1.82, 2.24) is 15.0 Å². The fraction of sp³-hybridized carbons (Fsp3) is 0.107. The molecule has 5 aromatic rings. The number of pyridine rings is 1. The minimum Gasteiger partial charge on any atom is -0.489 e. The third-order valence-corrected chi connectivity index (χ3v) is 6.96. The maximum atomic E-state index is 12.8. The minimum atomic E-state index is -1.33. The Morgan fingerprint density at radius 3 is 2.56 bits per heavy atom. The van der Waals surface area contributed by atoms with E-state index in [4.69, 9.17) is 4.74 Å². The number of carboxylic acids is 1. The van der Waals surface area contributed by atoms with E-state index in [0.29, 0.717) is 17.5 Å². The van der Waals surface area contributed by atoms with Gasteiger partial charge in [0.2, 0.25) is 0 Å². The summed E-state index contributed by atoms with van der Waals surface area (Å²) in [5.74, 6) is 0.0190. The van der Waals surface area contributed by atoms with Crippen LogP contribution >= 0.6 is 0 Å². The van der Waals surface area contributed by atoms with E-state index in [1.807, 2.05) is 67.6 Å². The van der Waals surface area contributed by atoms with E-state index in [9.17, 15) is 14.1 Å². The molecule has 0 spiro atoms. The van der Waals surface area contributed by atoms with Crippen molar-refractivity contribution in [2.45, 2.75) is 24.4 Å². The van der Waals surface area contributed by atoms with Gasteiger partial charge in [-0.25, -0.2) is 9.78 Å². The first-order valence-electron chi connectivity index (χ1n) is 11.3. The number of H-pyrrole nitrogens is 1. The Morgan fingerprint density at radius 1 is 1.00 bits per heavy atom. The molecule has 0 fully saturated rings. The smallest absolute Gasteiger partial charge is 0.335 e. The van der Waals surface area contributed by atoms with Gasteiger partial charge in [0.05, 0.1) is 38.8 Å². The van der Waals surface area contributed by atoms with Gasteiger partial charge < -0.3 is 14.8 Å². The zero-order chi connectivity index (χ0) is 25.1. The van der Waals surface area contributed by atoms with Crippen LogP contribution in [-0.2, 0) is 23.2 Å². The van der Waals surface area contributed by atoms with Crippen LogP contribution in [0.4, 0.5) is 0 Å². The van der Waals surface area contributed by atoms with Crippen LogP contribution in [0.2, 0.25) is 0 Å². The van der Waals surface area contributed by atoms with Gasteiger partial charge in [-0.3, -0.25) is 9.19 Å². The van der Waals surface area contributed by atoms with Crippen LogP contribution in [0.15, 0.2) is 90.2 Å². The number of aromatic nitrogens is 3. The fourth-order valence-electron chi connectivity index (χ4n) is 3.86. The predicted molar refractivity (Wildman–Crippen MR) is 138 cm³/mol. The summed E-state index contributed by atoms with van der Waals surface area (Å²) in [6.45, 7) is 2.29. The SMILES string of the molecule is Cc1cc(COc2ccc(-c3cccc(C(=O)O)c3)cc2)cnc1CS(=O)c1nc2ccccc2[nH]1. The Bertz CT molecular complexity index is 1540. The van der Waals surface area contributed by atoms with Gasteiger partial charge in [0.15, 0.2) is 5.16 Å². The van der Waals surface area contributed by atoms with Crippen LogP contribution in [0.3, 0.4) is 0 Å². The topological polar surface area (TPSA) is 105 Å². The van der Waals surface area contributed by atoms with E-state index < -0.39 is 16.8 Å². The van der Waals surface area contributed by atoms with Gasteiger partial charge in [-0.1, -0.05) is 36.4 Å². The molecular weight excluding hydrogens is 474 g/mol. The molecule has 1 unspecified atom stereocenters. The number of nitrogens with one attached hydrogen (secondary N) is 1. The number of aromatic amines is 1. The first-order chi connectivity index (χ1) is 17.5. The summed E-state index contributed by atoms with van der Waals surface area (Å²) in [7, 11) is -1.33. The molecular formula is C28H23N3O4S. The normalized spacial score (nSPS) is 11.9. The lowest BCUT2D eigenvalue weighted by atomic mass is 10.0. The summed E-state index contributed by atoms with van der Waals surface area (Å²) in [5, 5.41) is 9.64. The number of hydrogen-bond acceptors (Lipinski definition) is 5. The highest BCUT2D eigenvalue weighted by atomic mass is 32.2. The van der Waals surface area contributed by atoms with Crippen molar-refractivity contribution in [3.8, 4) is 16.9 Å². The second-order valence-corrected chi connectivity index (χ2v) is 9.72. The number of benzene rings is 3. The Labute approximate surface area is 210 Å². The standard InChI is InChI=1S/C28H23N3O4S/c1-18-13-19(15-29-26(18)17-36(34)28-30-24-7-2-3-8-25(24)31-28)16-35-23-11-9-20(10-12-23)21-5-4-6-22(14-21)27(32)33/h2-15H,16-17H2,1H3,(H,30,31)(H,32,33). The van der Waals surface area contributed by atoms with Crippen LogP contribution in [0.5, 0.6) is 5.75 Å². The quantitative estimate of drug-likeness (QED) is 0.293. The third kappa shape index (κ3) is 5.18. The Kier molecular flexibility index (Phi) is 6.60. The monoisotopic (exact) mass is 497 g/mol. The van der Waals surface area contributed by atoms with E-state index in [1.54, 1.807) is 24.4 Å². The number of aromatic carboxylic acids is 1. The van der Waals surface area contributed by atoms with Gasteiger partial charge in [-0.05, 0) is 66.1 Å². The van der Waals surface area contributed by atoms with Gasteiger partial charge >= 0.3 is 5.97 Å². The van der Waals surface area contributed by atoms with Gasteiger partial charge in [-0.15, -0.1) is 0 Å². The van der Waals surface area contributed by atoms with Gasteiger partial charge in [0, 0.05) is 11.8 Å². The lowest BCUT2D eigenvalue weighted by Gasteiger charge is -2.10. The summed E-state index contributed by atoms with van der Waals surface area (Å²) in [6, 6.07) is 23.9. The van der Waals surface area contributed by atoms with Crippen molar-refractivity contribution in [1.29, 1.82) is 0 Å². The number of carboxylic acid groups (broad SMARTS) is 1. The molecule has 0 aliphatic heterocycles. The van der Waals surface area contributed by atoms with E-state index in [1.165, 1.54) is 0 Å². The Balaban J connectivity index is 1.21.